The van der Waals surface area contributed by atoms with Gasteiger partial charge in [0.05, 0.1) is 0 Å². The fraction of sp³-hybridized carbons (Fsp3) is 0.368. The van der Waals surface area contributed by atoms with Gasteiger partial charge in [0.2, 0.25) is 0 Å². The van der Waals surface area contributed by atoms with E-state index in [1.165, 1.54) is 25.5 Å². The maximum Gasteiger partial charge on any atom is 0.573 e. The van der Waals surface area contributed by atoms with Crippen LogP contribution < -0.4 is 4.74 Å². The van der Waals surface area contributed by atoms with E-state index in [4.69, 9.17) is 23.2 Å². The molecular formula is C19H23Cl2F3O. The van der Waals surface area contributed by atoms with Gasteiger partial charge in [0.25, 0.3) is 0 Å². The zero-order valence-corrected chi connectivity index (χ0v) is 16.5. The van der Waals surface area contributed by atoms with E-state index < -0.39 is 6.36 Å². The minimum absolute atomic E-state index is 0.230. The van der Waals surface area contributed by atoms with Gasteiger partial charge < -0.3 is 4.74 Å². The van der Waals surface area contributed by atoms with Crippen LogP contribution in [0.5, 0.6) is 5.75 Å². The van der Waals surface area contributed by atoms with Crippen molar-refractivity contribution in [1.29, 1.82) is 0 Å². The van der Waals surface area contributed by atoms with Gasteiger partial charge in [-0.3, -0.25) is 0 Å². The highest BCUT2D eigenvalue weighted by atomic mass is 35.5. The Morgan fingerprint density at radius 3 is 1.96 bits per heavy atom. The van der Waals surface area contributed by atoms with Crippen LogP contribution in [0.25, 0.3) is 11.1 Å². The van der Waals surface area contributed by atoms with Gasteiger partial charge in [-0.25, -0.2) is 0 Å². The molecule has 6 heteroatoms. The van der Waals surface area contributed by atoms with Crippen LogP contribution in [0.15, 0.2) is 36.4 Å². The van der Waals surface area contributed by atoms with Gasteiger partial charge in [0.15, 0.2) is 0 Å². The number of hydrogen-bond acceptors (Lipinski definition) is 1. The van der Waals surface area contributed by atoms with Gasteiger partial charge >= 0.3 is 6.36 Å². The Balaban J connectivity index is 0.00000104. The fourth-order valence-electron chi connectivity index (χ4n) is 1.78. The molecule has 140 valence electrons. The van der Waals surface area contributed by atoms with Crippen molar-refractivity contribution in [2.75, 3.05) is 0 Å². The number of alkyl halides is 3. The first-order valence-corrected chi connectivity index (χ1v) is 8.75. The molecule has 0 fully saturated rings. The first-order chi connectivity index (χ1) is 11.7. The van der Waals surface area contributed by atoms with E-state index in [1.54, 1.807) is 24.3 Å². The van der Waals surface area contributed by atoms with Crippen LogP contribution in [0.3, 0.4) is 0 Å². The van der Waals surface area contributed by atoms with E-state index in [2.05, 4.69) is 18.6 Å². The molecule has 25 heavy (non-hydrogen) atoms. The minimum atomic E-state index is -4.70. The third-order valence-corrected chi connectivity index (χ3v) is 3.19. The Kier molecular flexibility index (Phi) is 10.6. The molecule has 1 nitrogen and oxygen atoms in total. The lowest BCUT2D eigenvalue weighted by molar-refractivity contribution is -0.274. The fourth-order valence-corrected chi connectivity index (χ4v) is 2.30. The predicted octanol–water partition coefficient (Wildman–Crippen LogP) is 8.31. The molecule has 0 unspecified atom stereocenters. The summed E-state index contributed by atoms with van der Waals surface area (Å²) in [7, 11) is 0. The molecule has 2 aromatic carbocycles. The molecule has 0 N–H and O–H groups in total. The lowest BCUT2D eigenvalue weighted by atomic mass is 10.0. The van der Waals surface area contributed by atoms with Crippen LogP contribution >= 0.6 is 23.2 Å². The summed E-state index contributed by atoms with van der Waals surface area (Å²) in [5.41, 5.74) is 1.75. The number of ether oxygens (including phenoxy) is 1. The number of benzene rings is 2. The molecule has 0 spiro atoms. The summed E-state index contributed by atoms with van der Waals surface area (Å²) in [6, 6.07) is 9.32. The maximum absolute atomic E-state index is 12.2. The Bertz CT molecular complexity index is 656. The van der Waals surface area contributed by atoms with E-state index in [9.17, 15) is 13.2 Å². The van der Waals surface area contributed by atoms with Crippen LogP contribution in [0, 0.1) is 6.92 Å². The van der Waals surface area contributed by atoms with Gasteiger partial charge in [-0.15, -0.1) is 13.2 Å². The van der Waals surface area contributed by atoms with E-state index >= 15 is 0 Å². The molecule has 0 heterocycles. The quantitative estimate of drug-likeness (QED) is 0.497. The van der Waals surface area contributed by atoms with E-state index in [-0.39, 0.29) is 5.75 Å². The van der Waals surface area contributed by atoms with Crippen molar-refractivity contribution in [2.45, 2.75) is 47.4 Å². The zero-order chi connectivity index (χ0) is 19.6. The van der Waals surface area contributed by atoms with Crippen molar-refractivity contribution < 1.29 is 17.9 Å². The van der Waals surface area contributed by atoms with Crippen LogP contribution in [0.1, 0.15) is 39.7 Å². The summed E-state index contributed by atoms with van der Waals surface area (Å²) in [5, 5.41) is 0.925. The summed E-state index contributed by atoms with van der Waals surface area (Å²) >= 11 is 11.9. The number of rotatable bonds is 2. The Hall–Kier alpha value is -1.39. The van der Waals surface area contributed by atoms with E-state index in [1.807, 2.05) is 13.8 Å². The molecule has 0 saturated heterocycles. The molecule has 0 amide bonds. The highest BCUT2D eigenvalue weighted by molar-refractivity contribution is 6.36. The van der Waals surface area contributed by atoms with E-state index in [0.717, 1.165) is 0 Å². The van der Waals surface area contributed by atoms with Gasteiger partial charge in [-0.1, -0.05) is 69.5 Å². The summed E-state index contributed by atoms with van der Waals surface area (Å²) in [6.07, 6.45) is -3.45. The number of hydrogen-bond donors (Lipinski definition) is 0. The summed E-state index contributed by atoms with van der Waals surface area (Å²) in [6.45, 7) is 9.79. The van der Waals surface area contributed by atoms with Gasteiger partial charge in [-0.2, -0.15) is 0 Å². The Labute approximate surface area is 157 Å². The van der Waals surface area contributed by atoms with E-state index in [0.29, 0.717) is 26.7 Å². The topological polar surface area (TPSA) is 9.23 Å². The Morgan fingerprint density at radius 1 is 0.960 bits per heavy atom. The molecule has 0 atom stereocenters. The van der Waals surface area contributed by atoms with Gasteiger partial charge in [0, 0.05) is 15.6 Å². The number of aryl methyl sites for hydroxylation is 1. The molecular weight excluding hydrogens is 372 g/mol. The molecule has 2 rings (SSSR count). The van der Waals surface area contributed by atoms with Crippen molar-refractivity contribution in [2.24, 2.45) is 0 Å². The second kappa shape index (κ2) is 11.3. The molecule has 0 aliphatic carbocycles. The van der Waals surface area contributed by atoms with Crippen molar-refractivity contribution in [3.63, 3.8) is 0 Å². The largest absolute Gasteiger partial charge is 0.573 e. The van der Waals surface area contributed by atoms with Crippen LogP contribution in [0.4, 0.5) is 13.2 Å². The lowest BCUT2D eigenvalue weighted by Gasteiger charge is -2.13. The summed E-state index contributed by atoms with van der Waals surface area (Å²) < 4.78 is 40.5. The van der Waals surface area contributed by atoms with Gasteiger partial charge in [-0.05, 0) is 42.3 Å². The second-order valence-electron chi connectivity index (χ2n) is 4.86. The highest BCUT2D eigenvalue weighted by Gasteiger charge is 2.31. The number of halogens is 5. The highest BCUT2D eigenvalue weighted by Crippen LogP contribution is 2.34. The van der Waals surface area contributed by atoms with Gasteiger partial charge in [0.1, 0.15) is 5.75 Å². The smallest absolute Gasteiger partial charge is 0.406 e. The SMILES string of the molecule is CC.CCC.Cc1cc(-c2ccc(Cl)cc2Cl)ccc1OC(F)(F)F. The lowest BCUT2D eigenvalue weighted by Crippen LogP contribution is -2.17. The average Bonchev–Trinajstić information content (AvgIpc) is 2.51. The monoisotopic (exact) mass is 394 g/mol. The van der Waals surface area contributed by atoms with Crippen LogP contribution in [0.2, 0.25) is 10.0 Å². The first-order valence-electron chi connectivity index (χ1n) is 7.99. The molecule has 0 saturated carbocycles. The van der Waals surface area contributed by atoms with Crippen molar-refractivity contribution in [3.05, 3.63) is 52.0 Å². The molecule has 2 aromatic rings. The third kappa shape index (κ3) is 8.50. The van der Waals surface area contributed by atoms with Crippen LogP contribution in [-0.2, 0) is 0 Å². The zero-order valence-electron chi connectivity index (χ0n) is 15.0. The second-order valence-corrected chi connectivity index (χ2v) is 5.70. The molecule has 0 aromatic heterocycles. The average molecular weight is 395 g/mol. The third-order valence-electron chi connectivity index (χ3n) is 2.64. The van der Waals surface area contributed by atoms with Crippen LogP contribution in [-0.4, -0.2) is 6.36 Å². The van der Waals surface area contributed by atoms with Crippen molar-refractivity contribution in [1.82, 2.24) is 0 Å². The first kappa shape index (κ1) is 23.6. The van der Waals surface area contributed by atoms with Crippen molar-refractivity contribution in [3.8, 4) is 16.9 Å². The standard InChI is InChI=1S/C14H9Cl2F3O.C3H8.C2H6/c1-8-6-9(2-5-13(8)20-14(17,18)19)11-4-3-10(15)7-12(11)16;1-3-2;1-2/h2-7H,1H3;3H2,1-2H3;1-2H3. The summed E-state index contributed by atoms with van der Waals surface area (Å²) in [5.74, 6) is -0.230. The molecule has 0 radical (unpaired) electrons. The predicted molar refractivity (Wildman–Crippen MR) is 101 cm³/mol. The Morgan fingerprint density at radius 2 is 1.52 bits per heavy atom. The molecule has 0 aliphatic heterocycles. The maximum atomic E-state index is 12.2. The summed E-state index contributed by atoms with van der Waals surface area (Å²) in [4.78, 5) is 0. The minimum Gasteiger partial charge on any atom is -0.406 e. The molecule has 0 aliphatic rings. The van der Waals surface area contributed by atoms with Crippen molar-refractivity contribution >= 4 is 23.2 Å². The normalized spacial score (nSPS) is 10.2. The molecule has 0 bridgehead atoms.